The van der Waals surface area contributed by atoms with E-state index in [0.29, 0.717) is 5.69 Å². The van der Waals surface area contributed by atoms with Crippen LogP contribution in [0.25, 0.3) is 27.5 Å². The van der Waals surface area contributed by atoms with Gasteiger partial charge < -0.3 is 14.5 Å². The zero-order chi connectivity index (χ0) is 21.4. The Morgan fingerprint density at radius 2 is 1.65 bits per heavy atom. The third-order valence-corrected chi connectivity index (χ3v) is 5.82. The van der Waals surface area contributed by atoms with Gasteiger partial charge in [0.25, 0.3) is 5.91 Å². The molecule has 0 saturated heterocycles. The SMILES string of the molecule is CCCc1ccc(-n2c(C(=O)Nc3ccc4c(ccn4C)c3)cc3ccccc32)cc1. The normalized spacial score (nSPS) is 11.3. The molecule has 4 heteroatoms. The number of amides is 1. The summed E-state index contributed by atoms with van der Waals surface area (Å²) in [7, 11) is 2.02. The van der Waals surface area contributed by atoms with Crippen molar-refractivity contribution < 1.29 is 4.79 Å². The number of carbonyl (C=O) groups excluding carboxylic acids is 1. The second-order valence-electron chi connectivity index (χ2n) is 7.99. The summed E-state index contributed by atoms with van der Waals surface area (Å²) in [5, 5.41) is 5.24. The predicted octanol–water partition coefficient (Wildman–Crippen LogP) is 6.33. The highest BCUT2D eigenvalue weighted by Gasteiger charge is 2.17. The van der Waals surface area contributed by atoms with Crippen molar-refractivity contribution in [2.24, 2.45) is 7.05 Å². The number of rotatable bonds is 5. The van der Waals surface area contributed by atoms with Crippen LogP contribution in [-0.2, 0) is 13.5 Å². The average Bonchev–Trinajstić information content (AvgIpc) is 3.35. The maximum Gasteiger partial charge on any atom is 0.272 e. The number of anilines is 1. The Balaban J connectivity index is 1.55. The van der Waals surface area contributed by atoms with Gasteiger partial charge in [-0.3, -0.25) is 4.79 Å². The Morgan fingerprint density at radius 3 is 2.45 bits per heavy atom. The Kier molecular flexibility index (Phi) is 4.83. The molecule has 0 aliphatic rings. The molecule has 0 aliphatic carbocycles. The lowest BCUT2D eigenvalue weighted by molar-refractivity contribution is 0.102. The van der Waals surface area contributed by atoms with E-state index in [9.17, 15) is 4.79 Å². The quantitative estimate of drug-likeness (QED) is 0.363. The minimum atomic E-state index is -0.121. The molecule has 0 radical (unpaired) electrons. The summed E-state index contributed by atoms with van der Waals surface area (Å²) in [4.78, 5) is 13.4. The molecular formula is C27H25N3O. The monoisotopic (exact) mass is 407 g/mol. The van der Waals surface area contributed by atoms with Crippen LogP contribution >= 0.6 is 0 Å². The van der Waals surface area contributed by atoms with Crippen LogP contribution in [0.2, 0.25) is 0 Å². The van der Waals surface area contributed by atoms with Crippen molar-refractivity contribution in [3.05, 3.63) is 96.3 Å². The number of benzene rings is 3. The molecule has 4 nitrogen and oxygen atoms in total. The molecule has 3 aromatic carbocycles. The summed E-state index contributed by atoms with van der Waals surface area (Å²) in [6.07, 6.45) is 4.20. The average molecular weight is 408 g/mol. The largest absolute Gasteiger partial charge is 0.351 e. The first-order valence-electron chi connectivity index (χ1n) is 10.7. The fourth-order valence-electron chi connectivity index (χ4n) is 4.25. The van der Waals surface area contributed by atoms with Crippen LogP contribution < -0.4 is 5.32 Å². The molecule has 31 heavy (non-hydrogen) atoms. The van der Waals surface area contributed by atoms with E-state index in [2.05, 4.69) is 53.2 Å². The van der Waals surface area contributed by atoms with Gasteiger partial charge in [-0.2, -0.15) is 0 Å². The summed E-state index contributed by atoms with van der Waals surface area (Å²) >= 11 is 0. The first kappa shape index (κ1) is 19.2. The van der Waals surface area contributed by atoms with Crippen molar-refractivity contribution in [3.63, 3.8) is 0 Å². The third-order valence-electron chi connectivity index (χ3n) is 5.82. The number of hydrogen-bond donors (Lipinski definition) is 1. The van der Waals surface area contributed by atoms with E-state index in [1.54, 1.807) is 0 Å². The Bertz CT molecular complexity index is 1390. The summed E-state index contributed by atoms with van der Waals surface area (Å²) < 4.78 is 4.11. The lowest BCUT2D eigenvalue weighted by Gasteiger charge is -2.12. The summed E-state index contributed by atoms with van der Waals surface area (Å²) in [6.45, 7) is 2.18. The number of fused-ring (bicyclic) bond motifs is 2. The summed E-state index contributed by atoms with van der Waals surface area (Å²) in [5.74, 6) is -0.121. The Labute approximate surface area is 181 Å². The van der Waals surface area contributed by atoms with Gasteiger partial charge in [-0.05, 0) is 60.5 Å². The van der Waals surface area contributed by atoms with Gasteiger partial charge >= 0.3 is 0 Å². The number of aryl methyl sites for hydroxylation is 2. The number of carbonyl (C=O) groups is 1. The molecule has 0 fully saturated rings. The Hall–Kier alpha value is -3.79. The number of para-hydroxylation sites is 1. The van der Waals surface area contributed by atoms with Gasteiger partial charge in [0.05, 0.1) is 5.52 Å². The van der Waals surface area contributed by atoms with Crippen molar-refractivity contribution >= 4 is 33.4 Å². The predicted molar refractivity (Wildman–Crippen MR) is 128 cm³/mol. The molecule has 0 unspecified atom stereocenters. The molecule has 1 N–H and O–H groups in total. The van der Waals surface area contributed by atoms with Crippen molar-refractivity contribution in [3.8, 4) is 5.69 Å². The topological polar surface area (TPSA) is 39.0 Å². The molecule has 0 spiro atoms. The zero-order valence-electron chi connectivity index (χ0n) is 17.8. The van der Waals surface area contributed by atoms with E-state index >= 15 is 0 Å². The van der Waals surface area contributed by atoms with Crippen LogP contribution in [0.15, 0.2) is 85.1 Å². The van der Waals surface area contributed by atoms with Crippen molar-refractivity contribution in [1.82, 2.24) is 9.13 Å². The van der Waals surface area contributed by atoms with Crippen LogP contribution in [-0.4, -0.2) is 15.0 Å². The standard InChI is InChI=1S/C27H25N3O/c1-3-6-19-9-12-23(13-10-19)30-25-8-5-4-7-20(25)18-26(30)27(31)28-22-11-14-24-21(17-22)15-16-29(24)2/h4-5,7-18H,3,6H2,1-2H3,(H,28,31). The zero-order valence-corrected chi connectivity index (χ0v) is 17.8. The minimum absolute atomic E-state index is 0.121. The van der Waals surface area contributed by atoms with Gasteiger partial charge in [0.15, 0.2) is 0 Å². The van der Waals surface area contributed by atoms with E-state index in [1.807, 2.05) is 60.3 Å². The fourth-order valence-corrected chi connectivity index (χ4v) is 4.25. The molecule has 0 atom stereocenters. The van der Waals surface area contributed by atoms with Crippen molar-refractivity contribution in [2.45, 2.75) is 19.8 Å². The van der Waals surface area contributed by atoms with E-state index in [1.165, 1.54) is 5.56 Å². The van der Waals surface area contributed by atoms with Gasteiger partial charge in [0, 0.05) is 40.9 Å². The highest BCUT2D eigenvalue weighted by molar-refractivity contribution is 6.07. The molecule has 0 saturated carbocycles. The maximum atomic E-state index is 13.4. The van der Waals surface area contributed by atoms with Crippen LogP contribution in [0.3, 0.4) is 0 Å². The number of nitrogens with zero attached hydrogens (tertiary/aromatic N) is 2. The van der Waals surface area contributed by atoms with Crippen molar-refractivity contribution in [2.75, 3.05) is 5.32 Å². The highest BCUT2D eigenvalue weighted by atomic mass is 16.1. The number of hydrogen-bond acceptors (Lipinski definition) is 1. The van der Waals surface area contributed by atoms with Crippen LogP contribution in [0.4, 0.5) is 5.69 Å². The van der Waals surface area contributed by atoms with Gasteiger partial charge in [0.2, 0.25) is 0 Å². The molecule has 154 valence electrons. The van der Waals surface area contributed by atoms with Gasteiger partial charge in [-0.1, -0.05) is 43.7 Å². The van der Waals surface area contributed by atoms with Crippen LogP contribution in [0, 0.1) is 0 Å². The molecule has 5 rings (SSSR count). The second-order valence-corrected chi connectivity index (χ2v) is 7.99. The number of aromatic nitrogens is 2. The van der Waals surface area contributed by atoms with Crippen LogP contribution in [0.1, 0.15) is 29.4 Å². The van der Waals surface area contributed by atoms with Gasteiger partial charge in [-0.25, -0.2) is 0 Å². The van der Waals surface area contributed by atoms with E-state index in [4.69, 9.17) is 0 Å². The van der Waals surface area contributed by atoms with E-state index < -0.39 is 0 Å². The molecule has 0 bridgehead atoms. The maximum absolute atomic E-state index is 13.4. The van der Waals surface area contributed by atoms with Gasteiger partial charge in [0.1, 0.15) is 5.69 Å². The molecule has 1 amide bonds. The van der Waals surface area contributed by atoms with Crippen LogP contribution in [0.5, 0.6) is 0 Å². The van der Waals surface area contributed by atoms with Gasteiger partial charge in [-0.15, -0.1) is 0 Å². The smallest absolute Gasteiger partial charge is 0.272 e. The molecule has 2 heterocycles. The lowest BCUT2D eigenvalue weighted by Crippen LogP contribution is -2.16. The molecule has 2 aromatic heterocycles. The molecule has 0 aliphatic heterocycles. The first-order valence-corrected chi connectivity index (χ1v) is 10.7. The minimum Gasteiger partial charge on any atom is -0.351 e. The lowest BCUT2D eigenvalue weighted by atomic mass is 10.1. The first-order chi connectivity index (χ1) is 15.1. The summed E-state index contributed by atoms with van der Waals surface area (Å²) in [5.41, 5.74) is 5.87. The molecule has 5 aromatic rings. The second kappa shape index (κ2) is 7.80. The fraction of sp³-hybridized carbons (Fsp3) is 0.148. The third kappa shape index (κ3) is 3.50. The highest BCUT2D eigenvalue weighted by Crippen LogP contribution is 2.26. The van der Waals surface area contributed by atoms with Crippen molar-refractivity contribution in [1.29, 1.82) is 0 Å². The Morgan fingerprint density at radius 1 is 0.871 bits per heavy atom. The van der Waals surface area contributed by atoms with E-state index in [-0.39, 0.29) is 5.91 Å². The summed E-state index contributed by atoms with van der Waals surface area (Å²) in [6, 6.07) is 26.6. The number of nitrogens with one attached hydrogen (secondary N) is 1. The van der Waals surface area contributed by atoms with E-state index in [0.717, 1.165) is 46.0 Å². The molecular weight excluding hydrogens is 382 g/mol.